The molecular weight excluding hydrogens is 214 g/mol. The van der Waals surface area contributed by atoms with Gasteiger partial charge in [0.15, 0.2) is 5.03 Å². The fraction of sp³-hybridized carbons (Fsp3) is 0.556. The van der Waals surface area contributed by atoms with Gasteiger partial charge in [-0.25, -0.2) is 13.6 Å². The minimum absolute atomic E-state index is 0.104. The molecule has 0 saturated carbocycles. The van der Waals surface area contributed by atoms with Crippen LogP contribution >= 0.6 is 0 Å². The number of primary sulfonamides is 1. The molecule has 0 aliphatic heterocycles. The van der Waals surface area contributed by atoms with E-state index in [0.29, 0.717) is 0 Å². The molecule has 0 aliphatic carbocycles. The van der Waals surface area contributed by atoms with E-state index in [-0.39, 0.29) is 10.4 Å². The monoisotopic (exact) mass is 230 g/mol. The lowest BCUT2D eigenvalue weighted by atomic mass is 9.92. The summed E-state index contributed by atoms with van der Waals surface area (Å²) >= 11 is 0. The van der Waals surface area contributed by atoms with E-state index >= 15 is 0 Å². The van der Waals surface area contributed by atoms with E-state index in [1.54, 1.807) is 6.20 Å². The summed E-state index contributed by atoms with van der Waals surface area (Å²) in [4.78, 5) is 0. The van der Waals surface area contributed by atoms with Crippen molar-refractivity contribution in [3.63, 3.8) is 0 Å². The highest BCUT2D eigenvalue weighted by Crippen LogP contribution is 2.20. The summed E-state index contributed by atoms with van der Waals surface area (Å²) in [5, 5.41) is 8.66. The van der Waals surface area contributed by atoms with E-state index in [4.69, 9.17) is 5.14 Å². The summed E-state index contributed by atoms with van der Waals surface area (Å²) in [5.74, 6) is 0. The number of hydrogen-bond donors (Lipinski definition) is 1. The van der Waals surface area contributed by atoms with Crippen LogP contribution in [0.1, 0.15) is 27.2 Å². The molecule has 0 amide bonds. The van der Waals surface area contributed by atoms with E-state index < -0.39 is 10.0 Å². The highest BCUT2D eigenvalue weighted by atomic mass is 32.2. The average molecular weight is 230 g/mol. The van der Waals surface area contributed by atoms with Crippen molar-refractivity contribution in [1.29, 1.82) is 0 Å². The first-order valence-electron chi connectivity index (χ1n) is 4.60. The maximum Gasteiger partial charge on any atom is 0.257 e. The predicted molar refractivity (Wildman–Crippen MR) is 57.4 cm³/mol. The van der Waals surface area contributed by atoms with E-state index in [9.17, 15) is 8.42 Å². The van der Waals surface area contributed by atoms with Crippen LogP contribution < -0.4 is 5.14 Å². The summed E-state index contributed by atoms with van der Waals surface area (Å²) in [6.45, 7) is 8.10. The topological polar surface area (TPSA) is 78.0 Å². The molecule has 1 radical (unpaired) electrons. The number of nitrogens with zero attached hydrogens (tertiary/aromatic N) is 2. The first-order chi connectivity index (χ1) is 6.68. The summed E-state index contributed by atoms with van der Waals surface area (Å²) < 4.78 is 23.3. The van der Waals surface area contributed by atoms with E-state index in [0.717, 1.165) is 6.42 Å². The van der Waals surface area contributed by atoms with Crippen molar-refractivity contribution < 1.29 is 8.42 Å². The molecular formula is C9H16N3O2S. The normalized spacial score (nSPS) is 13.1. The standard InChI is InChI=1S/C9H16N3O2S/c1-9(2,3)5-7-12-6-4-8(11-12)15(10,13)14/h4,6-7H,5H2,1-3H3,(H2,10,13,14). The second-order valence-corrected chi connectivity index (χ2v) is 6.13. The fourth-order valence-corrected chi connectivity index (χ4v) is 1.40. The van der Waals surface area contributed by atoms with Crippen LogP contribution in [0.3, 0.4) is 0 Å². The molecule has 2 N–H and O–H groups in total. The molecule has 0 atom stereocenters. The van der Waals surface area contributed by atoms with Crippen molar-refractivity contribution in [3.8, 4) is 0 Å². The first kappa shape index (κ1) is 12.2. The molecule has 15 heavy (non-hydrogen) atoms. The third-order valence-corrected chi connectivity index (χ3v) is 2.57. The maximum absolute atomic E-state index is 10.9. The Morgan fingerprint density at radius 2 is 2.13 bits per heavy atom. The van der Waals surface area contributed by atoms with Crippen LogP contribution in [0.25, 0.3) is 0 Å². The molecule has 0 fully saturated rings. The van der Waals surface area contributed by atoms with Crippen molar-refractivity contribution in [3.05, 3.63) is 18.8 Å². The van der Waals surface area contributed by atoms with Gasteiger partial charge in [-0.15, -0.1) is 0 Å². The maximum atomic E-state index is 10.9. The molecule has 1 heterocycles. The lowest BCUT2D eigenvalue weighted by molar-refractivity contribution is 0.392. The molecule has 1 aromatic heterocycles. The lowest BCUT2D eigenvalue weighted by Crippen LogP contribution is -2.14. The Morgan fingerprint density at radius 1 is 1.53 bits per heavy atom. The Bertz CT molecular complexity index is 428. The zero-order chi connectivity index (χ0) is 11.7. The van der Waals surface area contributed by atoms with Gasteiger partial charge >= 0.3 is 0 Å². The summed E-state index contributed by atoms with van der Waals surface area (Å²) in [6.07, 6.45) is 2.38. The Hall–Kier alpha value is -0.880. The highest BCUT2D eigenvalue weighted by Gasteiger charge is 2.14. The van der Waals surface area contributed by atoms with Crippen LogP contribution in [0.15, 0.2) is 17.3 Å². The van der Waals surface area contributed by atoms with Gasteiger partial charge in [0.1, 0.15) is 0 Å². The zero-order valence-corrected chi connectivity index (χ0v) is 9.95. The predicted octanol–water partition coefficient (Wildman–Crippen LogP) is 0.977. The molecule has 1 rings (SSSR count). The van der Waals surface area contributed by atoms with E-state index in [1.807, 2.05) is 6.54 Å². The smallest absolute Gasteiger partial charge is 0.257 e. The van der Waals surface area contributed by atoms with Gasteiger partial charge in [0.2, 0.25) is 0 Å². The number of rotatable bonds is 3. The zero-order valence-electron chi connectivity index (χ0n) is 9.14. The second-order valence-electron chi connectivity index (χ2n) is 4.63. The van der Waals surface area contributed by atoms with Crippen molar-refractivity contribution in [2.24, 2.45) is 10.6 Å². The van der Waals surface area contributed by atoms with Gasteiger partial charge < -0.3 is 0 Å². The van der Waals surface area contributed by atoms with E-state index in [2.05, 4.69) is 25.9 Å². The molecule has 0 spiro atoms. The molecule has 0 saturated heterocycles. The third kappa shape index (κ3) is 4.01. The van der Waals surface area contributed by atoms with Crippen molar-refractivity contribution in [1.82, 2.24) is 9.78 Å². The van der Waals surface area contributed by atoms with Crippen LogP contribution in [0.5, 0.6) is 0 Å². The minimum Gasteiger partial charge on any atom is -0.266 e. The third-order valence-electron chi connectivity index (χ3n) is 1.77. The van der Waals surface area contributed by atoms with Crippen molar-refractivity contribution >= 4 is 10.0 Å². The SMILES string of the molecule is CC(C)(C)C[CH]n1ccc(S(N)(=O)=O)n1. The number of aromatic nitrogens is 2. The molecule has 6 heteroatoms. The fourth-order valence-electron chi connectivity index (χ4n) is 0.941. The minimum atomic E-state index is -3.69. The van der Waals surface area contributed by atoms with Gasteiger partial charge in [0, 0.05) is 6.20 Å². The van der Waals surface area contributed by atoms with Gasteiger partial charge in [0.05, 0.1) is 6.54 Å². The van der Waals surface area contributed by atoms with Crippen molar-refractivity contribution in [2.45, 2.75) is 32.2 Å². The molecule has 0 bridgehead atoms. The summed E-state index contributed by atoms with van der Waals surface area (Å²) in [6, 6.07) is 1.38. The highest BCUT2D eigenvalue weighted by molar-refractivity contribution is 7.89. The van der Waals surface area contributed by atoms with Crippen LogP contribution in [-0.2, 0) is 10.0 Å². The Morgan fingerprint density at radius 3 is 2.53 bits per heavy atom. The molecule has 1 aromatic rings. The van der Waals surface area contributed by atoms with Gasteiger partial charge in [-0.05, 0) is 17.9 Å². The average Bonchev–Trinajstić information content (AvgIpc) is 2.45. The first-order valence-corrected chi connectivity index (χ1v) is 6.14. The summed E-state index contributed by atoms with van der Waals surface area (Å²) in [5.41, 5.74) is 0.147. The van der Waals surface area contributed by atoms with Gasteiger partial charge in [-0.3, -0.25) is 4.68 Å². The Kier molecular flexibility index (Phi) is 3.20. The Labute approximate surface area is 90.3 Å². The van der Waals surface area contributed by atoms with E-state index in [1.165, 1.54) is 10.7 Å². The van der Waals surface area contributed by atoms with Crippen LogP contribution in [0.4, 0.5) is 0 Å². The van der Waals surface area contributed by atoms with Crippen LogP contribution in [0.2, 0.25) is 0 Å². The van der Waals surface area contributed by atoms with Gasteiger partial charge in [0.25, 0.3) is 10.0 Å². The summed E-state index contributed by atoms with van der Waals surface area (Å²) in [7, 11) is -3.69. The Balaban J connectivity index is 2.70. The number of hydrogen-bond acceptors (Lipinski definition) is 3. The molecule has 0 aliphatic rings. The second kappa shape index (κ2) is 3.94. The number of sulfonamides is 1. The number of nitrogens with two attached hydrogens (primary N) is 1. The lowest BCUT2D eigenvalue weighted by Gasteiger charge is -2.16. The molecule has 0 aromatic carbocycles. The van der Waals surface area contributed by atoms with Crippen LogP contribution in [0, 0.1) is 12.0 Å². The van der Waals surface area contributed by atoms with Crippen molar-refractivity contribution in [2.75, 3.05) is 0 Å². The largest absolute Gasteiger partial charge is 0.266 e. The molecule has 85 valence electrons. The molecule has 5 nitrogen and oxygen atoms in total. The molecule has 0 unspecified atom stereocenters. The quantitative estimate of drug-likeness (QED) is 0.840. The van der Waals surface area contributed by atoms with Crippen LogP contribution in [-0.4, -0.2) is 18.2 Å². The van der Waals surface area contributed by atoms with Gasteiger partial charge in [-0.1, -0.05) is 20.8 Å². The van der Waals surface area contributed by atoms with Gasteiger partial charge in [-0.2, -0.15) is 5.10 Å².